The number of hydrogen-bond acceptors (Lipinski definition) is 4. The molecule has 0 saturated carbocycles. The number of hydrogen-bond donors (Lipinski definition) is 1. The van der Waals surface area contributed by atoms with Gasteiger partial charge in [0.1, 0.15) is 0 Å². The Kier molecular flexibility index (Phi) is 3.20. The summed E-state index contributed by atoms with van der Waals surface area (Å²) in [5.41, 5.74) is 1.12. The van der Waals surface area contributed by atoms with Crippen LogP contribution < -0.4 is 5.32 Å². The summed E-state index contributed by atoms with van der Waals surface area (Å²) < 4.78 is 1.63. The molecule has 0 aliphatic heterocycles. The minimum absolute atomic E-state index is 0.225. The van der Waals surface area contributed by atoms with E-state index in [0.29, 0.717) is 17.1 Å². The summed E-state index contributed by atoms with van der Waals surface area (Å²) >= 11 is 0. The first-order valence-electron chi connectivity index (χ1n) is 6.00. The molecule has 0 unspecified atom stereocenters. The Morgan fingerprint density at radius 2 is 2.05 bits per heavy atom. The van der Waals surface area contributed by atoms with Crippen LogP contribution in [-0.2, 0) is 0 Å². The van der Waals surface area contributed by atoms with Gasteiger partial charge in [0.25, 0.3) is 5.91 Å². The van der Waals surface area contributed by atoms with Crippen LogP contribution in [0.2, 0.25) is 0 Å². The molecule has 1 amide bonds. The molecule has 0 aromatic carbocycles. The summed E-state index contributed by atoms with van der Waals surface area (Å²) in [5, 5.41) is 6.82. The van der Waals surface area contributed by atoms with Gasteiger partial charge in [-0.2, -0.15) is 5.10 Å². The zero-order chi connectivity index (χ0) is 13.8. The SMILES string of the molecule is O=C(Nc1cccnc1)c1ccc(-n2cccn2)nc1. The molecule has 3 aromatic rings. The smallest absolute Gasteiger partial charge is 0.257 e. The molecular weight excluding hydrogens is 254 g/mol. The maximum absolute atomic E-state index is 12.0. The molecule has 3 aromatic heterocycles. The molecular formula is C14H11N5O. The Labute approximate surface area is 115 Å². The van der Waals surface area contributed by atoms with E-state index in [9.17, 15) is 4.79 Å². The molecule has 0 aliphatic carbocycles. The average Bonchev–Trinajstić information content (AvgIpc) is 3.03. The number of nitrogens with zero attached hydrogens (tertiary/aromatic N) is 4. The highest BCUT2D eigenvalue weighted by molar-refractivity contribution is 6.03. The van der Waals surface area contributed by atoms with E-state index in [1.807, 2.05) is 6.07 Å². The quantitative estimate of drug-likeness (QED) is 0.785. The summed E-state index contributed by atoms with van der Waals surface area (Å²) in [6, 6.07) is 8.79. The van der Waals surface area contributed by atoms with Crippen molar-refractivity contribution in [2.24, 2.45) is 0 Å². The summed E-state index contributed by atoms with van der Waals surface area (Å²) in [4.78, 5) is 20.2. The second-order valence-corrected chi connectivity index (χ2v) is 4.05. The van der Waals surface area contributed by atoms with E-state index >= 15 is 0 Å². The maximum Gasteiger partial charge on any atom is 0.257 e. The first kappa shape index (κ1) is 12.0. The van der Waals surface area contributed by atoms with Gasteiger partial charge in [0.2, 0.25) is 0 Å². The number of carbonyl (C=O) groups excluding carboxylic acids is 1. The number of anilines is 1. The first-order valence-corrected chi connectivity index (χ1v) is 6.00. The summed E-state index contributed by atoms with van der Waals surface area (Å²) in [5.74, 6) is 0.436. The topological polar surface area (TPSA) is 72.7 Å². The van der Waals surface area contributed by atoms with Crippen LogP contribution in [0.4, 0.5) is 5.69 Å². The minimum atomic E-state index is -0.225. The molecule has 0 radical (unpaired) electrons. The van der Waals surface area contributed by atoms with Gasteiger partial charge in [-0.25, -0.2) is 9.67 Å². The van der Waals surface area contributed by atoms with Gasteiger partial charge in [0.05, 0.1) is 17.4 Å². The molecule has 3 heterocycles. The molecule has 3 rings (SSSR count). The highest BCUT2D eigenvalue weighted by Gasteiger charge is 2.07. The number of aromatic nitrogens is 4. The lowest BCUT2D eigenvalue weighted by molar-refractivity contribution is 0.102. The predicted octanol–water partition coefficient (Wildman–Crippen LogP) is 1.91. The largest absolute Gasteiger partial charge is 0.321 e. The van der Waals surface area contributed by atoms with Gasteiger partial charge in [0, 0.05) is 24.8 Å². The lowest BCUT2D eigenvalue weighted by Crippen LogP contribution is -2.12. The fourth-order valence-corrected chi connectivity index (χ4v) is 1.70. The van der Waals surface area contributed by atoms with Gasteiger partial charge in [-0.15, -0.1) is 0 Å². The molecule has 98 valence electrons. The molecule has 1 N–H and O–H groups in total. The third-order valence-corrected chi connectivity index (χ3v) is 2.67. The second kappa shape index (κ2) is 5.31. The molecule has 0 fully saturated rings. The fraction of sp³-hybridized carbons (Fsp3) is 0. The van der Waals surface area contributed by atoms with Crippen molar-refractivity contribution in [1.82, 2.24) is 19.7 Å². The maximum atomic E-state index is 12.0. The zero-order valence-corrected chi connectivity index (χ0v) is 10.5. The lowest BCUT2D eigenvalue weighted by atomic mass is 10.2. The Morgan fingerprint density at radius 1 is 1.10 bits per heavy atom. The summed E-state index contributed by atoms with van der Waals surface area (Å²) in [6.07, 6.45) is 8.21. The molecule has 0 saturated heterocycles. The van der Waals surface area contributed by atoms with E-state index < -0.39 is 0 Å². The molecule has 0 aliphatic rings. The van der Waals surface area contributed by atoms with Crippen molar-refractivity contribution < 1.29 is 4.79 Å². The van der Waals surface area contributed by atoms with Crippen molar-refractivity contribution in [1.29, 1.82) is 0 Å². The number of nitrogens with one attached hydrogen (secondary N) is 1. The molecule has 0 bridgehead atoms. The normalized spacial score (nSPS) is 10.2. The van der Waals surface area contributed by atoms with E-state index in [0.717, 1.165) is 0 Å². The number of carbonyl (C=O) groups is 1. The van der Waals surface area contributed by atoms with Crippen LogP contribution in [0.5, 0.6) is 0 Å². The van der Waals surface area contributed by atoms with Crippen LogP contribution in [0.15, 0.2) is 61.3 Å². The van der Waals surface area contributed by atoms with E-state index in [-0.39, 0.29) is 5.91 Å². The third-order valence-electron chi connectivity index (χ3n) is 2.67. The molecule has 0 atom stereocenters. The summed E-state index contributed by atoms with van der Waals surface area (Å²) in [6.45, 7) is 0. The van der Waals surface area contributed by atoms with Gasteiger partial charge in [-0.1, -0.05) is 0 Å². The highest BCUT2D eigenvalue weighted by Crippen LogP contribution is 2.08. The number of pyridine rings is 2. The van der Waals surface area contributed by atoms with Gasteiger partial charge in [-0.3, -0.25) is 9.78 Å². The highest BCUT2D eigenvalue weighted by atomic mass is 16.1. The standard InChI is InChI=1S/C14H11N5O/c20-14(18-12-3-1-6-15-10-12)11-4-5-13(16-9-11)19-8-2-7-17-19/h1-10H,(H,18,20). The van der Waals surface area contributed by atoms with Crippen LogP contribution in [0.25, 0.3) is 5.82 Å². The third kappa shape index (κ3) is 2.54. The average molecular weight is 265 g/mol. The second-order valence-electron chi connectivity index (χ2n) is 4.05. The number of rotatable bonds is 3. The molecule has 0 spiro atoms. The molecule has 6 nitrogen and oxygen atoms in total. The predicted molar refractivity (Wildman–Crippen MR) is 73.5 cm³/mol. The minimum Gasteiger partial charge on any atom is -0.321 e. The van der Waals surface area contributed by atoms with Crippen molar-refractivity contribution in [2.75, 3.05) is 5.32 Å². The first-order chi connectivity index (χ1) is 9.83. The van der Waals surface area contributed by atoms with E-state index in [1.54, 1.807) is 53.7 Å². The van der Waals surface area contributed by atoms with Gasteiger partial charge in [0.15, 0.2) is 5.82 Å². The Hall–Kier alpha value is -3.02. The van der Waals surface area contributed by atoms with Crippen molar-refractivity contribution in [3.63, 3.8) is 0 Å². The van der Waals surface area contributed by atoms with Crippen LogP contribution in [-0.4, -0.2) is 25.7 Å². The van der Waals surface area contributed by atoms with Crippen LogP contribution in [0, 0.1) is 0 Å². The van der Waals surface area contributed by atoms with E-state index in [4.69, 9.17) is 0 Å². The Morgan fingerprint density at radius 3 is 2.70 bits per heavy atom. The van der Waals surface area contributed by atoms with Crippen LogP contribution in [0.1, 0.15) is 10.4 Å². The Bertz CT molecular complexity index is 692. The molecule has 6 heteroatoms. The van der Waals surface area contributed by atoms with Crippen molar-refractivity contribution in [3.8, 4) is 5.82 Å². The van der Waals surface area contributed by atoms with Gasteiger partial charge >= 0.3 is 0 Å². The van der Waals surface area contributed by atoms with Crippen molar-refractivity contribution in [2.45, 2.75) is 0 Å². The lowest BCUT2D eigenvalue weighted by Gasteiger charge is -2.05. The van der Waals surface area contributed by atoms with E-state index in [1.165, 1.54) is 6.20 Å². The Balaban J connectivity index is 1.76. The monoisotopic (exact) mass is 265 g/mol. The van der Waals surface area contributed by atoms with Crippen LogP contribution >= 0.6 is 0 Å². The van der Waals surface area contributed by atoms with E-state index in [2.05, 4.69) is 20.4 Å². The van der Waals surface area contributed by atoms with Crippen LogP contribution in [0.3, 0.4) is 0 Å². The fourth-order valence-electron chi connectivity index (χ4n) is 1.70. The zero-order valence-electron chi connectivity index (χ0n) is 10.5. The van der Waals surface area contributed by atoms with Gasteiger partial charge in [-0.05, 0) is 30.3 Å². The number of amides is 1. The summed E-state index contributed by atoms with van der Waals surface area (Å²) in [7, 11) is 0. The van der Waals surface area contributed by atoms with Crippen molar-refractivity contribution >= 4 is 11.6 Å². The molecule has 20 heavy (non-hydrogen) atoms. The van der Waals surface area contributed by atoms with Crippen molar-refractivity contribution in [3.05, 3.63) is 66.9 Å². The van der Waals surface area contributed by atoms with Gasteiger partial charge < -0.3 is 5.32 Å².